The molecule has 13 rings (SSSR count). The zero-order valence-corrected chi connectivity index (χ0v) is 21.7. The molecule has 0 atom stereocenters. The van der Waals surface area contributed by atoms with Gasteiger partial charge >= 0.3 is 26.1 Å². The molecule has 7 aliphatic heterocycles. The van der Waals surface area contributed by atoms with Crippen LogP contribution in [0, 0.1) is 0 Å². The molecule has 0 bridgehead atoms. The van der Waals surface area contributed by atoms with Gasteiger partial charge in [0.25, 0.3) is 11.4 Å². The van der Waals surface area contributed by atoms with E-state index in [4.69, 9.17) is 24.2 Å². The summed E-state index contributed by atoms with van der Waals surface area (Å²) >= 11 is 0. The Morgan fingerprint density at radius 2 is 0.952 bits per heavy atom. The van der Waals surface area contributed by atoms with E-state index in [9.17, 15) is 0 Å². The monoisotopic (exact) mass is 538 g/mol. The third kappa shape index (κ3) is 1.67. The first-order chi connectivity index (χ1) is 20.8. The van der Waals surface area contributed by atoms with Crippen molar-refractivity contribution in [2.75, 3.05) is 0 Å². The highest BCUT2D eigenvalue weighted by Gasteiger charge is 2.72. The second kappa shape index (κ2) is 5.79. The van der Waals surface area contributed by atoms with Gasteiger partial charge in [0.2, 0.25) is 0 Å². The second-order valence-corrected chi connectivity index (χ2v) is 11.9. The molecule has 2 aromatic heterocycles. The molecule has 42 heavy (non-hydrogen) atoms. The molecule has 4 aromatic carbocycles. The lowest BCUT2D eigenvalue weighted by Gasteiger charge is -2.44. The normalized spacial score (nSPS) is 16.8. The molecule has 0 unspecified atom stereocenters. The SMILES string of the molecule is c1cc2c3c(c1)-c1cnc[n+]4c1B3c1c(ccc3c1[N+]41c4c(ccc5c4B4c6c(cccc6-c6cnc[n+]1c64)O5)O3)O2. The predicted octanol–water partition coefficient (Wildman–Crippen LogP) is 0.554. The molecule has 0 N–H and O–H groups in total. The molecule has 0 fully saturated rings. The first-order valence-electron chi connectivity index (χ1n) is 14.2. The molecule has 0 saturated heterocycles. The largest absolute Gasteiger partial charge is 0.458 e. The van der Waals surface area contributed by atoms with Gasteiger partial charge in [-0.25, -0.2) is 0 Å². The maximum absolute atomic E-state index is 6.85. The Bertz CT molecular complexity index is 2280. The Kier molecular flexibility index (Phi) is 2.70. The van der Waals surface area contributed by atoms with Gasteiger partial charge in [0.05, 0.1) is 26.8 Å². The van der Waals surface area contributed by atoms with Crippen molar-refractivity contribution < 1.29 is 23.6 Å². The standard InChI is InChI=1S/C32H14B2N5O3/c1-3-15-17-11-35-13-37-31(17)33-25(15)19(5-1)40-21-7-9-23-29(27(21)33)39(37)30-24(42-23)10-8-22-28(30)34-26-16(4-2-6-20(26)41-22)18-12-36-14-38(39)32(18)34/h1-14H/q+3. The van der Waals surface area contributed by atoms with E-state index in [1.165, 1.54) is 33.2 Å². The predicted molar refractivity (Wildman–Crippen MR) is 154 cm³/mol. The Hall–Kier alpha value is -5.47. The van der Waals surface area contributed by atoms with Gasteiger partial charge in [-0.1, -0.05) is 34.2 Å². The lowest BCUT2D eigenvalue weighted by Crippen LogP contribution is -2.98. The fraction of sp³-hybridized carbons (Fsp3) is 0. The number of benzene rings is 4. The molecule has 188 valence electrons. The number of hydrogen-bond donors (Lipinski definition) is 0. The smallest absolute Gasteiger partial charge is 0.340 e. The highest BCUT2D eigenvalue weighted by Crippen LogP contribution is 2.54. The van der Waals surface area contributed by atoms with Crippen LogP contribution in [0.4, 0.5) is 11.4 Å². The minimum Gasteiger partial charge on any atom is -0.458 e. The van der Waals surface area contributed by atoms with Gasteiger partial charge < -0.3 is 14.2 Å². The minimum absolute atomic E-state index is 0.00410. The molecule has 6 aromatic rings. The summed E-state index contributed by atoms with van der Waals surface area (Å²) in [5, 5.41) is 0. The van der Waals surface area contributed by atoms with Crippen LogP contribution in [0.1, 0.15) is 0 Å². The molecule has 0 saturated carbocycles. The van der Waals surface area contributed by atoms with Crippen LogP contribution in [0.2, 0.25) is 0 Å². The van der Waals surface area contributed by atoms with E-state index in [0.717, 1.165) is 67.9 Å². The quantitative estimate of drug-likeness (QED) is 0.161. The van der Waals surface area contributed by atoms with Crippen LogP contribution in [0.25, 0.3) is 22.3 Å². The molecular formula is C32H14B2N5O3+3. The first-order valence-corrected chi connectivity index (χ1v) is 14.2. The summed E-state index contributed by atoms with van der Waals surface area (Å²) in [5.41, 5.74) is 13.7. The topological polar surface area (TPSA) is 61.2 Å². The number of quaternary nitrogens is 1. The van der Waals surface area contributed by atoms with Gasteiger partial charge in [0.15, 0.2) is 23.9 Å². The van der Waals surface area contributed by atoms with Gasteiger partial charge in [-0.05, 0) is 67.8 Å². The van der Waals surface area contributed by atoms with Gasteiger partial charge in [0.1, 0.15) is 34.2 Å². The molecule has 1 spiro atoms. The first kappa shape index (κ1) is 19.6. The number of rotatable bonds is 0. The summed E-state index contributed by atoms with van der Waals surface area (Å²) < 4.78 is 25.1. The molecule has 7 aliphatic rings. The summed E-state index contributed by atoms with van der Waals surface area (Å²) in [7, 11) is 0. The zero-order valence-electron chi connectivity index (χ0n) is 21.7. The molecule has 0 aliphatic carbocycles. The van der Waals surface area contributed by atoms with Crippen molar-refractivity contribution in [2.45, 2.75) is 0 Å². The van der Waals surface area contributed by atoms with E-state index in [-0.39, 0.29) is 18.1 Å². The number of fused-ring (bicyclic) bond motifs is 2. The maximum Gasteiger partial charge on any atom is 0.340 e. The fourth-order valence-corrected chi connectivity index (χ4v) is 9.15. The Morgan fingerprint density at radius 1 is 0.500 bits per heavy atom. The maximum atomic E-state index is 6.85. The number of aromatic nitrogens is 4. The Morgan fingerprint density at radius 3 is 1.48 bits per heavy atom. The highest BCUT2D eigenvalue weighted by molar-refractivity contribution is 7.01. The molecule has 0 radical (unpaired) electrons. The Labute approximate surface area is 238 Å². The van der Waals surface area contributed by atoms with Crippen molar-refractivity contribution >= 4 is 57.8 Å². The summed E-state index contributed by atoms with van der Waals surface area (Å²) in [6.45, 7) is 0.00821. The molecule has 0 amide bonds. The van der Waals surface area contributed by atoms with Crippen LogP contribution in [0.15, 0.2) is 85.7 Å². The van der Waals surface area contributed by atoms with E-state index < -0.39 is 0 Å². The third-order valence-corrected chi connectivity index (χ3v) is 10.4. The summed E-state index contributed by atoms with van der Waals surface area (Å²) in [6.07, 6.45) is 7.98. The van der Waals surface area contributed by atoms with Crippen LogP contribution < -0.4 is 61.3 Å². The van der Waals surface area contributed by atoms with Crippen molar-refractivity contribution in [1.29, 1.82) is 0 Å². The number of hydrogen-bond acceptors (Lipinski definition) is 5. The van der Waals surface area contributed by atoms with Crippen molar-refractivity contribution in [3.05, 3.63) is 85.7 Å². The zero-order chi connectivity index (χ0) is 26.6. The van der Waals surface area contributed by atoms with Crippen molar-refractivity contribution in [1.82, 2.24) is 14.7 Å². The molecule has 9 heterocycles. The van der Waals surface area contributed by atoms with Crippen LogP contribution in [-0.2, 0) is 0 Å². The highest BCUT2D eigenvalue weighted by atomic mass is 16.5. The van der Waals surface area contributed by atoms with Crippen LogP contribution in [0.3, 0.4) is 0 Å². The van der Waals surface area contributed by atoms with Gasteiger partial charge in [-0.2, -0.15) is 0 Å². The Balaban J connectivity index is 1.32. The fourth-order valence-electron chi connectivity index (χ4n) is 9.15. The van der Waals surface area contributed by atoms with Crippen LogP contribution in [-0.4, -0.2) is 23.4 Å². The molecular weight excluding hydrogens is 524 g/mol. The number of ether oxygens (including phenoxy) is 3. The van der Waals surface area contributed by atoms with Crippen molar-refractivity contribution in [2.24, 2.45) is 0 Å². The van der Waals surface area contributed by atoms with E-state index in [2.05, 4.69) is 70.0 Å². The van der Waals surface area contributed by atoms with E-state index in [0.29, 0.717) is 0 Å². The molecule has 8 nitrogen and oxygen atoms in total. The summed E-state index contributed by atoms with van der Waals surface area (Å²) in [5.74, 6) is 5.13. The lowest BCUT2D eigenvalue weighted by molar-refractivity contribution is -1.03. The van der Waals surface area contributed by atoms with Crippen LogP contribution in [0.5, 0.6) is 34.5 Å². The van der Waals surface area contributed by atoms with Gasteiger partial charge in [-0.3, -0.25) is 0 Å². The average molecular weight is 538 g/mol. The van der Waals surface area contributed by atoms with Crippen molar-refractivity contribution in [3.8, 4) is 56.8 Å². The van der Waals surface area contributed by atoms with Crippen LogP contribution >= 0.6 is 0 Å². The lowest BCUT2D eigenvalue weighted by atomic mass is 9.37. The third-order valence-electron chi connectivity index (χ3n) is 10.4. The summed E-state index contributed by atoms with van der Waals surface area (Å²) in [6, 6.07) is 20.9. The van der Waals surface area contributed by atoms with Crippen molar-refractivity contribution in [3.63, 3.8) is 0 Å². The van der Waals surface area contributed by atoms with Gasteiger partial charge in [-0.15, -0.1) is 0 Å². The average Bonchev–Trinajstić information content (AvgIpc) is 3.56. The van der Waals surface area contributed by atoms with E-state index in [1.54, 1.807) is 0 Å². The van der Waals surface area contributed by atoms with E-state index in [1.807, 2.05) is 25.0 Å². The minimum atomic E-state index is 0.00410. The summed E-state index contributed by atoms with van der Waals surface area (Å²) in [4.78, 5) is 9.78. The molecule has 10 heteroatoms. The van der Waals surface area contributed by atoms with E-state index >= 15 is 0 Å². The second-order valence-electron chi connectivity index (χ2n) is 11.9. The number of nitrogens with zero attached hydrogens (tertiary/aromatic N) is 5. The van der Waals surface area contributed by atoms with Gasteiger partial charge in [0, 0.05) is 0 Å².